The molecule has 0 aliphatic heterocycles. The van der Waals surface area contributed by atoms with Gasteiger partial charge in [0.1, 0.15) is 11.6 Å². The maximum atomic E-state index is 12.6. The monoisotopic (exact) mass is 489 g/mol. The fraction of sp³-hybridized carbons (Fsp3) is 0.318. The molecular formula is C22H27N5O4S2. The molecule has 0 fully saturated rings. The number of anilines is 1. The molecule has 1 aromatic heterocycles. The average Bonchev–Trinajstić information content (AvgIpc) is 3.11. The van der Waals surface area contributed by atoms with Gasteiger partial charge in [0.2, 0.25) is 15.9 Å². The van der Waals surface area contributed by atoms with Gasteiger partial charge in [-0.3, -0.25) is 9.36 Å². The number of hydrogen-bond donors (Lipinski definition) is 2. The van der Waals surface area contributed by atoms with Crippen molar-refractivity contribution >= 4 is 33.4 Å². The van der Waals surface area contributed by atoms with E-state index in [9.17, 15) is 13.2 Å². The fourth-order valence-electron chi connectivity index (χ4n) is 3.00. The molecule has 0 spiro atoms. The molecule has 1 heterocycles. The molecule has 2 aromatic carbocycles. The number of thioether (sulfide) groups is 1. The first-order chi connectivity index (χ1) is 15.5. The highest BCUT2D eigenvalue weighted by Crippen LogP contribution is 2.24. The minimum Gasteiger partial charge on any atom is -0.497 e. The molecule has 0 aliphatic carbocycles. The lowest BCUT2D eigenvalue weighted by molar-refractivity contribution is -0.113. The van der Waals surface area contributed by atoms with Crippen LogP contribution >= 0.6 is 11.8 Å². The largest absolute Gasteiger partial charge is 0.497 e. The molecule has 33 heavy (non-hydrogen) atoms. The van der Waals surface area contributed by atoms with Crippen LogP contribution in [0, 0.1) is 6.92 Å². The standard InChI is InChI=1S/C22H27N5O4S2/c1-15-24-25-21(27(15)17-9-11-18(31-5)12-10-17)32-14-20(28)23-16-7-6-8-19(13-16)33(29,30)26-22(2,3)4/h6-13,26H,14H2,1-5H3,(H,23,28). The number of nitrogens with zero attached hydrogens (tertiary/aromatic N) is 3. The number of carbonyl (C=O) groups is 1. The smallest absolute Gasteiger partial charge is 0.241 e. The normalized spacial score (nSPS) is 11.9. The second kappa shape index (κ2) is 9.94. The van der Waals surface area contributed by atoms with E-state index in [1.165, 1.54) is 23.9 Å². The molecule has 9 nitrogen and oxygen atoms in total. The maximum absolute atomic E-state index is 12.6. The van der Waals surface area contributed by atoms with Gasteiger partial charge in [-0.15, -0.1) is 10.2 Å². The fourth-order valence-corrected chi connectivity index (χ4v) is 5.26. The van der Waals surface area contributed by atoms with Gasteiger partial charge in [0.15, 0.2) is 5.16 Å². The lowest BCUT2D eigenvalue weighted by Crippen LogP contribution is -2.40. The molecule has 0 bridgehead atoms. The first-order valence-electron chi connectivity index (χ1n) is 10.1. The Labute approximate surface area is 198 Å². The maximum Gasteiger partial charge on any atom is 0.241 e. The zero-order valence-electron chi connectivity index (χ0n) is 19.1. The van der Waals surface area contributed by atoms with Crippen molar-refractivity contribution in [2.45, 2.75) is 43.3 Å². The predicted octanol–water partition coefficient (Wildman–Crippen LogP) is 3.39. The first-order valence-corrected chi connectivity index (χ1v) is 12.6. The Bertz CT molecular complexity index is 1230. The van der Waals surface area contributed by atoms with E-state index in [-0.39, 0.29) is 16.6 Å². The molecule has 1 amide bonds. The molecule has 2 N–H and O–H groups in total. The van der Waals surface area contributed by atoms with Crippen LogP contribution in [-0.2, 0) is 14.8 Å². The third-order valence-electron chi connectivity index (χ3n) is 4.33. The molecule has 11 heteroatoms. The number of nitrogens with one attached hydrogen (secondary N) is 2. The van der Waals surface area contributed by atoms with Crippen LogP contribution in [0.25, 0.3) is 5.69 Å². The van der Waals surface area contributed by atoms with E-state index in [2.05, 4.69) is 20.2 Å². The molecular weight excluding hydrogens is 462 g/mol. The van der Waals surface area contributed by atoms with Crippen LogP contribution in [0.15, 0.2) is 58.6 Å². The van der Waals surface area contributed by atoms with Gasteiger partial charge in [-0.1, -0.05) is 17.8 Å². The van der Waals surface area contributed by atoms with E-state index in [1.54, 1.807) is 40.0 Å². The molecule has 3 rings (SSSR count). The SMILES string of the molecule is COc1ccc(-n2c(C)nnc2SCC(=O)Nc2cccc(S(=O)(=O)NC(C)(C)C)c2)cc1. The number of sulfonamides is 1. The van der Waals surface area contributed by atoms with Crippen molar-refractivity contribution in [1.29, 1.82) is 0 Å². The van der Waals surface area contributed by atoms with Gasteiger partial charge in [0.25, 0.3) is 0 Å². The van der Waals surface area contributed by atoms with Gasteiger partial charge < -0.3 is 10.1 Å². The highest BCUT2D eigenvalue weighted by atomic mass is 32.2. The summed E-state index contributed by atoms with van der Waals surface area (Å²) in [6, 6.07) is 13.6. The number of aryl methyl sites for hydroxylation is 1. The molecule has 0 unspecified atom stereocenters. The first kappa shape index (κ1) is 24.7. The highest BCUT2D eigenvalue weighted by Gasteiger charge is 2.22. The number of carbonyl (C=O) groups excluding carboxylic acids is 1. The Balaban J connectivity index is 1.68. The summed E-state index contributed by atoms with van der Waals surface area (Å²) in [5.41, 5.74) is 0.628. The number of rotatable bonds is 8. The van der Waals surface area contributed by atoms with E-state index < -0.39 is 15.6 Å². The molecule has 0 saturated carbocycles. The molecule has 0 radical (unpaired) electrons. The van der Waals surface area contributed by atoms with E-state index in [0.717, 1.165) is 11.4 Å². The van der Waals surface area contributed by atoms with E-state index >= 15 is 0 Å². The lowest BCUT2D eigenvalue weighted by Gasteiger charge is -2.20. The number of hydrogen-bond acceptors (Lipinski definition) is 7. The van der Waals surface area contributed by atoms with Gasteiger partial charge in [-0.25, -0.2) is 13.1 Å². The molecule has 0 saturated heterocycles. The number of benzene rings is 2. The van der Waals surface area contributed by atoms with Crippen LogP contribution in [-0.4, -0.2) is 47.5 Å². The Kier molecular flexibility index (Phi) is 7.45. The van der Waals surface area contributed by atoms with Gasteiger partial charge in [0.05, 0.1) is 17.8 Å². The van der Waals surface area contributed by atoms with Gasteiger partial charge in [-0.2, -0.15) is 0 Å². The summed E-state index contributed by atoms with van der Waals surface area (Å²) in [6.07, 6.45) is 0. The van der Waals surface area contributed by atoms with Gasteiger partial charge in [-0.05, 0) is 70.2 Å². The lowest BCUT2D eigenvalue weighted by atomic mass is 10.1. The predicted molar refractivity (Wildman–Crippen MR) is 129 cm³/mol. The van der Waals surface area contributed by atoms with Gasteiger partial charge >= 0.3 is 0 Å². The minimum atomic E-state index is -3.71. The Morgan fingerprint density at radius 2 is 1.82 bits per heavy atom. The van der Waals surface area contributed by atoms with Crippen molar-refractivity contribution in [1.82, 2.24) is 19.5 Å². The number of amides is 1. The van der Waals surface area contributed by atoms with Crippen LogP contribution in [0.1, 0.15) is 26.6 Å². The zero-order valence-corrected chi connectivity index (χ0v) is 20.8. The number of aromatic nitrogens is 3. The Morgan fingerprint density at radius 3 is 2.45 bits per heavy atom. The highest BCUT2D eigenvalue weighted by molar-refractivity contribution is 7.99. The van der Waals surface area contributed by atoms with Crippen LogP contribution in [0.4, 0.5) is 5.69 Å². The summed E-state index contributed by atoms with van der Waals surface area (Å²) in [5, 5.41) is 11.6. The Morgan fingerprint density at radius 1 is 1.12 bits per heavy atom. The van der Waals surface area contributed by atoms with Crippen molar-refractivity contribution in [3.63, 3.8) is 0 Å². The van der Waals surface area contributed by atoms with Crippen molar-refractivity contribution in [3.05, 3.63) is 54.4 Å². The zero-order chi connectivity index (χ0) is 24.2. The van der Waals surface area contributed by atoms with Gasteiger partial charge in [0, 0.05) is 16.9 Å². The van der Waals surface area contributed by atoms with Crippen molar-refractivity contribution in [2.75, 3.05) is 18.2 Å². The van der Waals surface area contributed by atoms with Crippen LogP contribution in [0.2, 0.25) is 0 Å². The Hall–Kier alpha value is -2.89. The van der Waals surface area contributed by atoms with Crippen LogP contribution in [0.5, 0.6) is 5.75 Å². The van der Waals surface area contributed by atoms with Crippen molar-refractivity contribution in [2.24, 2.45) is 0 Å². The molecule has 0 atom stereocenters. The second-order valence-electron chi connectivity index (χ2n) is 8.28. The quantitative estimate of drug-likeness (QED) is 0.466. The van der Waals surface area contributed by atoms with Crippen LogP contribution < -0.4 is 14.8 Å². The van der Waals surface area contributed by atoms with E-state index in [0.29, 0.717) is 16.7 Å². The summed E-state index contributed by atoms with van der Waals surface area (Å²) < 4.78 is 34.8. The van der Waals surface area contributed by atoms with Crippen molar-refractivity contribution < 1.29 is 17.9 Å². The van der Waals surface area contributed by atoms with E-state index in [1.807, 2.05) is 35.8 Å². The molecule has 3 aromatic rings. The number of ether oxygens (including phenoxy) is 1. The van der Waals surface area contributed by atoms with Crippen LogP contribution in [0.3, 0.4) is 0 Å². The summed E-state index contributed by atoms with van der Waals surface area (Å²) in [7, 11) is -2.10. The second-order valence-corrected chi connectivity index (χ2v) is 10.9. The van der Waals surface area contributed by atoms with Crippen molar-refractivity contribution in [3.8, 4) is 11.4 Å². The summed E-state index contributed by atoms with van der Waals surface area (Å²) in [6.45, 7) is 7.12. The summed E-state index contributed by atoms with van der Waals surface area (Å²) >= 11 is 1.23. The number of methoxy groups -OCH3 is 1. The third-order valence-corrected chi connectivity index (χ3v) is 7.01. The minimum absolute atomic E-state index is 0.0749. The molecule has 0 aliphatic rings. The van der Waals surface area contributed by atoms with E-state index in [4.69, 9.17) is 4.74 Å². The summed E-state index contributed by atoms with van der Waals surface area (Å²) in [5.74, 6) is 1.21. The molecule has 176 valence electrons. The third kappa shape index (κ3) is 6.56. The topological polar surface area (TPSA) is 115 Å². The summed E-state index contributed by atoms with van der Waals surface area (Å²) in [4.78, 5) is 12.6. The average molecular weight is 490 g/mol.